The van der Waals surface area contributed by atoms with Crippen LogP contribution in [0.25, 0.3) is 6.08 Å². The topological polar surface area (TPSA) is 58.2 Å². The van der Waals surface area contributed by atoms with E-state index in [1.54, 1.807) is 54.6 Å². The molecule has 2 N–H and O–H groups in total. The molecule has 2 aromatic carbocycles. The zero-order chi connectivity index (χ0) is 16.8. The lowest BCUT2D eigenvalue weighted by Gasteiger charge is -2.09. The minimum atomic E-state index is -0.384. The van der Waals surface area contributed by atoms with Gasteiger partial charge in [-0.05, 0) is 48.0 Å². The van der Waals surface area contributed by atoms with Gasteiger partial charge in [0.2, 0.25) is 0 Å². The van der Waals surface area contributed by atoms with E-state index in [0.29, 0.717) is 10.6 Å². The van der Waals surface area contributed by atoms with E-state index in [-0.39, 0.29) is 17.5 Å². The summed E-state index contributed by atoms with van der Waals surface area (Å²) < 4.78 is 0.872. The lowest BCUT2D eigenvalue weighted by molar-refractivity contribution is -0.117. The summed E-state index contributed by atoms with van der Waals surface area (Å²) in [4.78, 5) is 24.2. The molecule has 2 amide bonds. The van der Waals surface area contributed by atoms with Crippen LogP contribution in [0, 0.1) is 0 Å². The fourth-order valence-corrected chi connectivity index (χ4v) is 2.20. The molecular weight excluding hydrogens is 380 g/mol. The van der Waals surface area contributed by atoms with E-state index in [9.17, 15) is 9.59 Å². The summed E-state index contributed by atoms with van der Waals surface area (Å²) in [5.41, 5.74) is 1.37. The van der Waals surface area contributed by atoms with Crippen LogP contribution >= 0.6 is 27.5 Å². The molecule has 2 aromatic rings. The number of nitrogens with one attached hydrogen (secondary N) is 2. The maximum Gasteiger partial charge on any atom is 0.267 e. The van der Waals surface area contributed by atoms with Crippen molar-refractivity contribution in [3.05, 3.63) is 74.9 Å². The fraction of sp³-hybridized carbons (Fsp3) is 0.0588. The summed E-state index contributed by atoms with van der Waals surface area (Å²) in [5, 5.41) is 5.74. The molecule has 0 aliphatic heterocycles. The summed E-state index contributed by atoms with van der Waals surface area (Å²) >= 11 is 9.15. The Balaban J connectivity index is 2.25. The first-order valence-corrected chi connectivity index (χ1v) is 7.93. The van der Waals surface area contributed by atoms with Crippen molar-refractivity contribution in [2.75, 3.05) is 7.05 Å². The highest BCUT2D eigenvalue weighted by atomic mass is 79.9. The second kappa shape index (κ2) is 7.94. The van der Waals surface area contributed by atoms with Crippen molar-refractivity contribution in [2.24, 2.45) is 0 Å². The molecule has 0 aliphatic rings. The van der Waals surface area contributed by atoms with Crippen molar-refractivity contribution < 1.29 is 9.59 Å². The first-order valence-electron chi connectivity index (χ1n) is 6.76. The highest BCUT2D eigenvalue weighted by Gasteiger charge is 2.13. The number of rotatable bonds is 4. The summed E-state index contributed by atoms with van der Waals surface area (Å²) in [6.07, 6.45) is 1.59. The molecule has 0 saturated heterocycles. The molecule has 0 bridgehead atoms. The zero-order valence-electron chi connectivity index (χ0n) is 12.3. The Morgan fingerprint density at radius 1 is 1.04 bits per heavy atom. The lowest BCUT2D eigenvalue weighted by Crippen LogP contribution is -2.33. The van der Waals surface area contributed by atoms with Crippen LogP contribution in [-0.4, -0.2) is 18.9 Å². The Morgan fingerprint density at radius 2 is 1.65 bits per heavy atom. The average molecular weight is 394 g/mol. The van der Waals surface area contributed by atoms with Gasteiger partial charge in [0.1, 0.15) is 5.70 Å². The SMILES string of the molecule is CNC(=O)C(=Cc1ccc(Cl)cc1)NC(=O)c1ccc(Br)cc1. The van der Waals surface area contributed by atoms with E-state index >= 15 is 0 Å². The number of hydrogen-bond donors (Lipinski definition) is 2. The predicted octanol–water partition coefficient (Wildman–Crippen LogP) is 3.62. The number of halogens is 2. The third-order valence-corrected chi connectivity index (χ3v) is 3.79. The minimum absolute atomic E-state index is 0.155. The van der Waals surface area contributed by atoms with Crippen LogP contribution in [0.5, 0.6) is 0 Å². The molecule has 0 saturated carbocycles. The molecule has 118 valence electrons. The van der Waals surface area contributed by atoms with E-state index in [1.165, 1.54) is 7.05 Å². The van der Waals surface area contributed by atoms with Gasteiger partial charge in [-0.15, -0.1) is 0 Å². The quantitative estimate of drug-likeness (QED) is 0.780. The molecule has 2 rings (SSSR count). The molecule has 4 nitrogen and oxygen atoms in total. The Labute approximate surface area is 147 Å². The highest BCUT2D eigenvalue weighted by Crippen LogP contribution is 2.13. The van der Waals surface area contributed by atoms with E-state index in [2.05, 4.69) is 26.6 Å². The fourth-order valence-electron chi connectivity index (χ4n) is 1.81. The Bertz CT molecular complexity index is 740. The van der Waals surface area contributed by atoms with Crippen molar-refractivity contribution in [1.29, 1.82) is 0 Å². The molecule has 0 unspecified atom stereocenters. The van der Waals surface area contributed by atoms with Crippen LogP contribution < -0.4 is 10.6 Å². The second-order valence-corrected chi connectivity index (χ2v) is 6.00. The van der Waals surface area contributed by atoms with Gasteiger partial charge in [0.25, 0.3) is 11.8 Å². The van der Waals surface area contributed by atoms with Gasteiger partial charge >= 0.3 is 0 Å². The van der Waals surface area contributed by atoms with Gasteiger partial charge in [0, 0.05) is 22.1 Å². The van der Waals surface area contributed by atoms with Gasteiger partial charge in [-0.1, -0.05) is 39.7 Å². The molecule has 6 heteroatoms. The first kappa shape index (κ1) is 17.2. The minimum Gasteiger partial charge on any atom is -0.354 e. The number of benzene rings is 2. The normalized spacial score (nSPS) is 11.0. The maximum absolute atomic E-state index is 12.3. The molecule has 0 heterocycles. The van der Waals surface area contributed by atoms with Crippen molar-refractivity contribution in [3.63, 3.8) is 0 Å². The Morgan fingerprint density at radius 3 is 2.22 bits per heavy atom. The Kier molecular flexibility index (Phi) is 5.96. The predicted molar refractivity (Wildman–Crippen MR) is 95.1 cm³/mol. The van der Waals surface area contributed by atoms with Crippen molar-refractivity contribution in [2.45, 2.75) is 0 Å². The summed E-state index contributed by atoms with van der Waals surface area (Å²) in [7, 11) is 1.50. The summed E-state index contributed by atoms with van der Waals surface area (Å²) in [5.74, 6) is -0.744. The maximum atomic E-state index is 12.3. The third-order valence-electron chi connectivity index (χ3n) is 3.01. The standard InChI is InChI=1S/C17H14BrClN2O2/c1-20-17(23)15(10-11-2-8-14(19)9-3-11)21-16(22)12-4-6-13(18)7-5-12/h2-10H,1H3,(H,20,23)(H,21,22). The van der Waals surface area contributed by atoms with Crippen LogP contribution in [0.4, 0.5) is 0 Å². The van der Waals surface area contributed by atoms with Crippen LogP contribution in [0.2, 0.25) is 5.02 Å². The second-order valence-electron chi connectivity index (χ2n) is 4.65. The molecule has 23 heavy (non-hydrogen) atoms. The van der Waals surface area contributed by atoms with Gasteiger partial charge < -0.3 is 10.6 Å². The highest BCUT2D eigenvalue weighted by molar-refractivity contribution is 9.10. The molecule has 0 aliphatic carbocycles. The number of carbonyl (C=O) groups is 2. The molecule has 0 atom stereocenters. The molecule has 0 aromatic heterocycles. The molecular formula is C17H14BrClN2O2. The van der Waals surface area contributed by atoms with Crippen molar-refractivity contribution in [3.8, 4) is 0 Å². The van der Waals surface area contributed by atoms with Gasteiger partial charge in [0.05, 0.1) is 0 Å². The van der Waals surface area contributed by atoms with Crippen molar-refractivity contribution >= 4 is 45.4 Å². The van der Waals surface area contributed by atoms with Crippen LogP contribution in [-0.2, 0) is 4.79 Å². The van der Waals surface area contributed by atoms with Crippen LogP contribution in [0.15, 0.2) is 58.7 Å². The van der Waals surface area contributed by atoms with E-state index in [4.69, 9.17) is 11.6 Å². The average Bonchev–Trinajstić information content (AvgIpc) is 2.56. The smallest absolute Gasteiger partial charge is 0.267 e. The molecule has 0 fully saturated rings. The summed E-state index contributed by atoms with van der Waals surface area (Å²) in [6, 6.07) is 13.8. The van der Waals surface area contributed by atoms with Crippen molar-refractivity contribution in [1.82, 2.24) is 10.6 Å². The number of likely N-dealkylation sites (N-methyl/N-ethyl adjacent to an activating group) is 1. The molecule has 0 spiro atoms. The van der Waals surface area contributed by atoms with Gasteiger partial charge in [-0.25, -0.2) is 0 Å². The number of carbonyl (C=O) groups excluding carboxylic acids is 2. The number of amides is 2. The van der Waals surface area contributed by atoms with E-state index in [0.717, 1.165) is 10.0 Å². The monoisotopic (exact) mass is 392 g/mol. The number of hydrogen-bond acceptors (Lipinski definition) is 2. The van der Waals surface area contributed by atoms with Gasteiger partial charge in [-0.2, -0.15) is 0 Å². The first-order chi connectivity index (χ1) is 11.0. The van der Waals surface area contributed by atoms with Gasteiger partial charge in [0.15, 0.2) is 0 Å². The molecule has 0 radical (unpaired) electrons. The Hall–Kier alpha value is -2.11. The van der Waals surface area contributed by atoms with E-state index < -0.39 is 0 Å². The third kappa shape index (κ3) is 4.94. The van der Waals surface area contributed by atoms with Gasteiger partial charge in [-0.3, -0.25) is 9.59 Å². The van der Waals surface area contributed by atoms with Crippen LogP contribution in [0.3, 0.4) is 0 Å². The van der Waals surface area contributed by atoms with Crippen LogP contribution in [0.1, 0.15) is 15.9 Å². The largest absolute Gasteiger partial charge is 0.354 e. The van der Waals surface area contributed by atoms with E-state index in [1.807, 2.05) is 0 Å². The lowest BCUT2D eigenvalue weighted by atomic mass is 10.1. The zero-order valence-corrected chi connectivity index (χ0v) is 14.6. The summed E-state index contributed by atoms with van der Waals surface area (Å²) in [6.45, 7) is 0.